The van der Waals surface area contributed by atoms with Crippen LogP contribution in [0.15, 0.2) is 46.9 Å². The van der Waals surface area contributed by atoms with Gasteiger partial charge in [-0.15, -0.1) is 0 Å². The van der Waals surface area contributed by atoms with Crippen molar-refractivity contribution in [3.63, 3.8) is 0 Å². The standard InChI is InChI=1S/C18H15BrN2O/c1-2-21-15-9-4-3-6-11(15)12-10-16(22)20-14-8-5-7-13(19)17(14)18(12)21/h3-9H,2,10H2,1H3,(H,20,22). The fourth-order valence-corrected chi connectivity index (χ4v) is 3.95. The molecule has 0 fully saturated rings. The summed E-state index contributed by atoms with van der Waals surface area (Å²) >= 11 is 3.66. The summed E-state index contributed by atoms with van der Waals surface area (Å²) in [4.78, 5) is 12.3. The Morgan fingerprint density at radius 2 is 2.00 bits per heavy atom. The number of aryl methyl sites for hydroxylation is 1. The molecule has 0 radical (unpaired) electrons. The number of fused-ring (bicyclic) bond motifs is 5. The second-order valence-corrected chi connectivity index (χ2v) is 6.33. The molecule has 4 heteroatoms. The molecule has 1 aliphatic rings. The van der Waals surface area contributed by atoms with Crippen LogP contribution in [-0.4, -0.2) is 10.5 Å². The van der Waals surface area contributed by atoms with Gasteiger partial charge in [0.05, 0.1) is 17.8 Å². The molecule has 3 aromatic rings. The number of anilines is 1. The van der Waals surface area contributed by atoms with Gasteiger partial charge in [0.1, 0.15) is 0 Å². The number of hydrogen-bond donors (Lipinski definition) is 1. The Morgan fingerprint density at radius 3 is 2.82 bits per heavy atom. The lowest BCUT2D eigenvalue weighted by Gasteiger charge is -2.13. The van der Waals surface area contributed by atoms with Crippen molar-refractivity contribution < 1.29 is 4.79 Å². The van der Waals surface area contributed by atoms with Crippen molar-refractivity contribution >= 4 is 38.4 Å². The number of halogens is 1. The van der Waals surface area contributed by atoms with Gasteiger partial charge in [-0.25, -0.2) is 0 Å². The molecular weight excluding hydrogens is 340 g/mol. The topological polar surface area (TPSA) is 34.0 Å². The highest BCUT2D eigenvalue weighted by Crippen LogP contribution is 2.43. The maximum atomic E-state index is 12.3. The van der Waals surface area contributed by atoms with Crippen molar-refractivity contribution in [2.24, 2.45) is 0 Å². The van der Waals surface area contributed by atoms with Gasteiger partial charge in [0.25, 0.3) is 0 Å². The molecule has 0 atom stereocenters. The summed E-state index contributed by atoms with van der Waals surface area (Å²) in [6.07, 6.45) is 0.407. The monoisotopic (exact) mass is 354 g/mol. The molecule has 0 spiro atoms. The van der Waals surface area contributed by atoms with Gasteiger partial charge in [-0.1, -0.05) is 40.2 Å². The molecule has 0 bridgehead atoms. The Morgan fingerprint density at radius 1 is 1.18 bits per heavy atom. The number of para-hydroxylation sites is 1. The van der Waals surface area contributed by atoms with Gasteiger partial charge in [0.15, 0.2) is 0 Å². The van der Waals surface area contributed by atoms with E-state index in [0.717, 1.165) is 38.9 Å². The van der Waals surface area contributed by atoms with E-state index in [9.17, 15) is 4.79 Å². The Balaban J connectivity index is 2.20. The van der Waals surface area contributed by atoms with E-state index in [0.29, 0.717) is 6.42 Å². The van der Waals surface area contributed by atoms with E-state index in [2.05, 4.69) is 50.9 Å². The van der Waals surface area contributed by atoms with Crippen LogP contribution >= 0.6 is 15.9 Å². The Labute approximate surface area is 137 Å². The highest BCUT2D eigenvalue weighted by Gasteiger charge is 2.26. The van der Waals surface area contributed by atoms with E-state index in [1.165, 1.54) is 5.52 Å². The number of aromatic nitrogens is 1. The predicted molar refractivity (Wildman–Crippen MR) is 93.1 cm³/mol. The summed E-state index contributed by atoms with van der Waals surface area (Å²) < 4.78 is 3.31. The minimum Gasteiger partial charge on any atom is -0.340 e. The molecule has 1 amide bonds. The maximum Gasteiger partial charge on any atom is 0.228 e. The number of carbonyl (C=O) groups is 1. The lowest BCUT2D eigenvalue weighted by Crippen LogP contribution is -2.12. The number of amides is 1. The lowest BCUT2D eigenvalue weighted by molar-refractivity contribution is -0.115. The van der Waals surface area contributed by atoms with E-state index < -0.39 is 0 Å². The van der Waals surface area contributed by atoms with Crippen LogP contribution in [0.5, 0.6) is 0 Å². The molecule has 2 heterocycles. The molecule has 2 aromatic carbocycles. The van der Waals surface area contributed by atoms with Crippen LogP contribution in [0.3, 0.4) is 0 Å². The van der Waals surface area contributed by atoms with Crippen LogP contribution in [0.4, 0.5) is 5.69 Å². The average molecular weight is 355 g/mol. The zero-order valence-electron chi connectivity index (χ0n) is 12.2. The van der Waals surface area contributed by atoms with Crippen molar-refractivity contribution in [3.8, 4) is 11.3 Å². The van der Waals surface area contributed by atoms with Crippen molar-refractivity contribution in [1.82, 2.24) is 4.57 Å². The van der Waals surface area contributed by atoms with Gasteiger partial charge in [-0.05, 0) is 30.7 Å². The van der Waals surface area contributed by atoms with Gasteiger partial charge < -0.3 is 9.88 Å². The SMILES string of the molecule is CCn1c2c(c3ccccc31)CC(=O)Nc1cccc(Br)c1-2. The molecule has 1 aliphatic heterocycles. The first-order valence-electron chi connectivity index (χ1n) is 7.39. The molecule has 22 heavy (non-hydrogen) atoms. The van der Waals surface area contributed by atoms with E-state index in [-0.39, 0.29) is 5.91 Å². The summed E-state index contributed by atoms with van der Waals surface area (Å²) in [6.45, 7) is 3.01. The molecule has 3 nitrogen and oxygen atoms in total. The summed E-state index contributed by atoms with van der Waals surface area (Å²) in [7, 11) is 0. The third-order valence-electron chi connectivity index (χ3n) is 4.25. The van der Waals surface area contributed by atoms with Gasteiger partial charge in [0.2, 0.25) is 5.91 Å². The van der Waals surface area contributed by atoms with Crippen LogP contribution in [0.1, 0.15) is 12.5 Å². The minimum atomic E-state index is 0.0390. The summed E-state index contributed by atoms with van der Waals surface area (Å²) in [5, 5.41) is 4.19. The second-order valence-electron chi connectivity index (χ2n) is 5.48. The number of rotatable bonds is 1. The summed E-state index contributed by atoms with van der Waals surface area (Å²) in [6, 6.07) is 14.3. The molecule has 0 saturated heterocycles. The molecule has 0 unspecified atom stereocenters. The number of hydrogen-bond acceptors (Lipinski definition) is 1. The highest BCUT2D eigenvalue weighted by atomic mass is 79.9. The number of benzene rings is 2. The predicted octanol–water partition coefficient (Wildman–Crippen LogP) is 4.59. The van der Waals surface area contributed by atoms with Crippen molar-refractivity contribution in [2.45, 2.75) is 19.9 Å². The van der Waals surface area contributed by atoms with Gasteiger partial charge >= 0.3 is 0 Å². The molecular formula is C18H15BrN2O. The summed E-state index contributed by atoms with van der Waals surface area (Å²) in [5.41, 5.74) is 5.38. The van der Waals surface area contributed by atoms with E-state index in [1.807, 2.05) is 24.3 Å². The number of carbonyl (C=O) groups excluding carboxylic acids is 1. The number of nitrogens with one attached hydrogen (secondary N) is 1. The van der Waals surface area contributed by atoms with Gasteiger partial charge in [-0.2, -0.15) is 0 Å². The van der Waals surface area contributed by atoms with E-state index in [1.54, 1.807) is 0 Å². The Bertz CT molecular complexity index is 911. The molecule has 110 valence electrons. The van der Waals surface area contributed by atoms with Crippen LogP contribution in [-0.2, 0) is 17.8 Å². The average Bonchev–Trinajstić information content (AvgIpc) is 2.72. The first-order valence-corrected chi connectivity index (χ1v) is 8.19. The molecule has 0 saturated carbocycles. The maximum absolute atomic E-state index is 12.3. The molecule has 0 aliphatic carbocycles. The third-order valence-corrected chi connectivity index (χ3v) is 4.91. The zero-order chi connectivity index (χ0) is 15.3. The van der Waals surface area contributed by atoms with E-state index in [4.69, 9.17) is 0 Å². The molecule has 4 rings (SSSR count). The first-order chi connectivity index (χ1) is 10.7. The fourth-order valence-electron chi connectivity index (χ4n) is 3.39. The molecule has 1 N–H and O–H groups in total. The Kier molecular flexibility index (Phi) is 3.08. The van der Waals surface area contributed by atoms with Crippen LogP contribution in [0, 0.1) is 0 Å². The summed E-state index contributed by atoms with van der Waals surface area (Å²) in [5.74, 6) is 0.0390. The second kappa shape index (κ2) is 4.99. The smallest absolute Gasteiger partial charge is 0.228 e. The third kappa shape index (κ3) is 1.83. The van der Waals surface area contributed by atoms with Crippen LogP contribution in [0.2, 0.25) is 0 Å². The minimum absolute atomic E-state index is 0.0390. The van der Waals surface area contributed by atoms with Gasteiger partial charge in [-0.3, -0.25) is 4.79 Å². The Hall–Kier alpha value is -2.07. The first kappa shape index (κ1) is 13.6. The van der Waals surface area contributed by atoms with E-state index >= 15 is 0 Å². The zero-order valence-corrected chi connectivity index (χ0v) is 13.8. The highest BCUT2D eigenvalue weighted by molar-refractivity contribution is 9.10. The quantitative estimate of drug-likeness (QED) is 0.681. The van der Waals surface area contributed by atoms with Gasteiger partial charge in [0, 0.05) is 27.5 Å². The fraction of sp³-hybridized carbons (Fsp3) is 0.167. The number of nitrogens with zero attached hydrogens (tertiary/aromatic N) is 1. The largest absolute Gasteiger partial charge is 0.340 e. The lowest BCUT2D eigenvalue weighted by atomic mass is 10.0. The normalized spacial score (nSPS) is 13.5. The van der Waals surface area contributed by atoms with Crippen molar-refractivity contribution in [1.29, 1.82) is 0 Å². The van der Waals surface area contributed by atoms with Crippen LogP contribution in [0.25, 0.3) is 22.2 Å². The van der Waals surface area contributed by atoms with Crippen molar-refractivity contribution in [2.75, 3.05) is 5.32 Å². The van der Waals surface area contributed by atoms with Crippen LogP contribution < -0.4 is 5.32 Å². The van der Waals surface area contributed by atoms with Crippen molar-refractivity contribution in [3.05, 3.63) is 52.5 Å². The molecule has 1 aromatic heterocycles.